The van der Waals surface area contributed by atoms with E-state index in [2.05, 4.69) is 0 Å². The summed E-state index contributed by atoms with van der Waals surface area (Å²) in [5.41, 5.74) is 0.0639. The van der Waals surface area contributed by atoms with Gasteiger partial charge in [0.2, 0.25) is 0 Å². The number of carboxylic acid groups (broad SMARTS) is 1. The third-order valence-corrected chi connectivity index (χ3v) is 5.61. The minimum absolute atomic E-state index is 0.134. The Balaban J connectivity index is 2.08. The number of carbonyl (C=O) groups is 1. The van der Waals surface area contributed by atoms with Gasteiger partial charge in [0.1, 0.15) is 0 Å². The highest BCUT2D eigenvalue weighted by atomic mass is 19.4. The summed E-state index contributed by atoms with van der Waals surface area (Å²) in [4.78, 5) is 13.3. The van der Waals surface area contributed by atoms with Gasteiger partial charge in [0.15, 0.2) is 11.5 Å². The highest BCUT2D eigenvalue weighted by molar-refractivity contribution is 5.70. The van der Waals surface area contributed by atoms with Crippen molar-refractivity contribution in [2.45, 2.75) is 32.0 Å². The monoisotopic (exact) mass is 437 g/mol. The van der Waals surface area contributed by atoms with Gasteiger partial charge in [-0.1, -0.05) is 24.3 Å². The zero-order valence-corrected chi connectivity index (χ0v) is 17.5. The zero-order valence-electron chi connectivity index (χ0n) is 17.5. The maximum atomic E-state index is 13.8. The Hall–Kier alpha value is -2.74. The lowest BCUT2D eigenvalue weighted by Crippen LogP contribution is -2.39. The standard InChI is InChI=1S/C23H26F3NO4/c1-3-31-19-9-8-16(14-20(19)30-2)21(27-12-10-15(11-13-27)22(28)29)17-6-4-5-7-18(17)23(24,25)26/h4-9,14-15,21H,3,10-13H2,1-2H3,(H,28,29). The highest BCUT2D eigenvalue weighted by Crippen LogP contribution is 2.42. The molecule has 1 saturated heterocycles. The first kappa shape index (κ1) is 22.9. The summed E-state index contributed by atoms with van der Waals surface area (Å²) in [6.45, 7) is 3.02. The molecule has 0 aromatic heterocycles. The van der Waals surface area contributed by atoms with E-state index in [1.807, 2.05) is 11.8 Å². The zero-order chi connectivity index (χ0) is 22.6. The van der Waals surface area contributed by atoms with Gasteiger partial charge in [-0.25, -0.2) is 0 Å². The molecular weight excluding hydrogens is 411 g/mol. The van der Waals surface area contributed by atoms with Gasteiger partial charge in [0.25, 0.3) is 0 Å². The fourth-order valence-electron chi connectivity index (χ4n) is 4.11. The van der Waals surface area contributed by atoms with E-state index < -0.39 is 29.7 Å². The normalized spacial score (nSPS) is 16.7. The van der Waals surface area contributed by atoms with Gasteiger partial charge in [0.05, 0.1) is 31.2 Å². The summed E-state index contributed by atoms with van der Waals surface area (Å²) >= 11 is 0. The molecule has 168 valence electrons. The summed E-state index contributed by atoms with van der Waals surface area (Å²) in [6.07, 6.45) is -3.74. The average molecular weight is 437 g/mol. The third kappa shape index (κ3) is 5.12. The van der Waals surface area contributed by atoms with Crippen LogP contribution in [0.3, 0.4) is 0 Å². The molecule has 1 fully saturated rings. The topological polar surface area (TPSA) is 59.0 Å². The van der Waals surface area contributed by atoms with E-state index in [9.17, 15) is 23.1 Å². The number of halogens is 3. The predicted molar refractivity (Wildman–Crippen MR) is 109 cm³/mol. The van der Waals surface area contributed by atoms with Crippen LogP contribution in [-0.2, 0) is 11.0 Å². The van der Waals surface area contributed by atoms with E-state index in [1.165, 1.54) is 19.2 Å². The number of hydrogen-bond donors (Lipinski definition) is 1. The first-order valence-corrected chi connectivity index (χ1v) is 10.2. The summed E-state index contributed by atoms with van der Waals surface area (Å²) in [6, 6.07) is 9.98. The maximum Gasteiger partial charge on any atom is 0.416 e. The summed E-state index contributed by atoms with van der Waals surface area (Å²) in [5.74, 6) is -0.394. The van der Waals surface area contributed by atoms with Crippen molar-refractivity contribution in [2.75, 3.05) is 26.8 Å². The van der Waals surface area contributed by atoms with Crippen LogP contribution in [0.5, 0.6) is 11.5 Å². The highest BCUT2D eigenvalue weighted by Gasteiger charge is 2.38. The summed E-state index contributed by atoms with van der Waals surface area (Å²) < 4.78 is 52.4. The average Bonchev–Trinajstić information content (AvgIpc) is 2.75. The van der Waals surface area contributed by atoms with Crippen LogP contribution in [0, 0.1) is 5.92 Å². The van der Waals surface area contributed by atoms with Crippen LogP contribution in [0.15, 0.2) is 42.5 Å². The minimum Gasteiger partial charge on any atom is -0.493 e. The molecule has 31 heavy (non-hydrogen) atoms. The second-order valence-electron chi connectivity index (χ2n) is 7.48. The van der Waals surface area contributed by atoms with Crippen LogP contribution in [0.25, 0.3) is 0 Å². The van der Waals surface area contributed by atoms with E-state index in [0.717, 1.165) is 6.07 Å². The molecule has 3 rings (SSSR count). The molecule has 5 nitrogen and oxygen atoms in total. The first-order valence-electron chi connectivity index (χ1n) is 10.2. The predicted octanol–water partition coefficient (Wildman–Crippen LogP) is 5.00. The van der Waals surface area contributed by atoms with Crippen molar-refractivity contribution >= 4 is 5.97 Å². The molecule has 0 spiro atoms. The van der Waals surface area contributed by atoms with Gasteiger partial charge in [-0.3, -0.25) is 9.69 Å². The molecule has 2 aromatic rings. The van der Waals surface area contributed by atoms with Crippen LogP contribution in [0.1, 0.15) is 42.5 Å². The third-order valence-electron chi connectivity index (χ3n) is 5.61. The smallest absolute Gasteiger partial charge is 0.416 e. The van der Waals surface area contributed by atoms with Crippen molar-refractivity contribution in [3.8, 4) is 11.5 Å². The number of methoxy groups -OCH3 is 1. The number of nitrogens with zero attached hydrogens (tertiary/aromatic N) is 1. The van der Waals surface area contributed by atoms with Crippen molar-refractivity contribution in [1.82, 2.24) is 4.90 Å². The Kier molecular flexibility index (Phi) is 7.10. The van der Waals surface area contributed by atoms with Crippen LogP contribution in [-0.4, -0.2) is 42.8 Å². The van der Waals surface area contributed by atoms with Crippen LogP contribution in [0.4, 0.5) is 13.2 Å². The van der Waals surface area contributed by atoms with Crippen molar-refractivity contribution in [2.24, 2.45) is 5.92 Å². The van der Waals surface area contributed by atoms with E-state index in [1.54, 1.807) is 24.3 Å². The summed E-state index contributed by atoms with van der Waals surface area (Å²) in [5, 5.41) is 9.30. The Morgan fingerprint density at radius 2 is 1.84 bits per heavy atom. The van der Waals surface area contributed by atoms with Gasteiger partial charge in [0, 0.05) is 0 Å². The number of carboxylic acids is 1. The van der Waals surface area contributed by atoms with Gasteiger partial charge >= 0.3 is 12.1 Å². The fraction of sp³-hybridized carbons (Fsp3) is 0.435. The van der Waals surface area contributed by atoms with Crippen LogP contribution in [0.2, 0.25) is 0 Å². The lowest BCUT2D eigenvalue weighted by atomic mass is 9.89. The Morgan fingerprint density at radius 3 is 2.42 bits per heavy atom. The number of piperidine rings is 1. The van der Waals surface area contributed by atoms with E-state index in [-0.39, 0.29) is 5.56 Å². The largest absolute Gasteiger partial charge is 0.493 e. The second kappa shape index (κ2) is 9.60. The molecule has 1 atom stereocenters. The molecule has 1 aliphatic heterocycles. The van der Waals surface area contributed by atoms with Crippen molar-refractivity contribution in [3.63, 3.8) is 0 Å². The van der Waals surface area contributed by atoms with Crippen molar-refractivity contribution in [3.05, 3.63) is 59.2 Å². The molecule has 0 radical (unpaired) electrons. The second-order valence-corrected chi connectivity index (χ2v) is 7.48. The summed E-state index contributed by atoms with van der Waals surface area (Å²) in [7, 11) is 1.48. The fourth-order valence-corrected chi connectivity index (χ4v) is 4.11. The number of rotatable bonds is 7. The van der Waals surface area contributed by atoms with E-state index >= 15 is 0 Å². The molecule has 1 aliphatic rings. The van der Waals surface area contributed by atoms with Crippen molar-refractivity contribution in [1.29, 1.82) is 0 Å². The van der Waals surface area contributed by atoms with Gasteiger partial charge in [-0.05, 0) is 62.2 Å². The van der Waals surface area contributed by atoms with Crippen LogP contribution < -0.4 is 9.47 Å². The van der Waals surface area contributed by atoms with Crippen LogP contribution >= 0.6 is 0 Å². The Morgan fingerprint density at radius 1 is 1.16 bits per heavy atom. The lowest BCUT2D eigenvalue weighted by molar-refractivity contribution is -0.143. The van der Waals surface area contributed by atoms with Gasteiger partial charge in [-0.15, -0.1) is 0 Å². The molecular formula is C23H26F3NO4. The molecule has 8 heteroatoms. The van der Waals surface area contributed by atoms with Gasteiger partial charge < -0.3 is 14.6 Å². The van der Waals surface area contributed by atoms with Crippen molar-refractivity contribution < 1.29 is 32.5 Å². The number of hydrogen-bond acceptors (Lipinski definition) is 4. The van der Waals surface area contributed by atoms with E-state index in [0.29, 0.717) is 49.6 Å². The number of alkyl halides is 3. The number of aliphatic carboxylic acids is 1. The van der Waals surface area contributed by atoms with Gasteiger partial charge in [-0.2, -0.15) is 13.2 Å². The molecule has 1 unspecified atom stereocenters. The quantitative estimate of drug-likeness (QED) is 0.661. The molecule has 1 N–H and O–H groups in total. The Bertz CT molecular complexity index is 908. The molecule has 0 bridgehead atoms. The maximum absolute atomic E-state index is 13.8. The molecule has 2 aromatic carbocycles. The minimum atomic E-state index is -4.51. The Labute approximate surface area is 179 Å². The SMILES string of the molecule is CCOc1ccc(C(c2ccccc2C(F)(F)F)N2CCC(C(=O)O)CC2)cc1OC. The first-order chi connectivity index (χ1) is 14.8. The number of benzene rings is 2. The molecule has 0 amide bonds. The lowest BCUT2D eigenvalue weighted by Gasteiger charge is -2.38. The molecule has 1 heterocycles. The number of likely N-dealkylation sites (tertiary alicyclic amines) is 1. The molecule has 0 saturated carbocycles. The number of ether oxygens (including phenoxy) is 2. The molecule has 0 aliphatic carbocycles. The van der Waals surface area contributed by atoms with E-state index in [4.69, 9.17) is 9.47 Å².